The zero-order chi connectivity index (χ0) is 32.5. The lowest BCUT2D eigenvalue weighted by Crippen LogP contribution is -2.54. The molecule has 11 heteroatoms. The summed E-state index contributed by atoms with van der Waals surface area (Å²) >= 11 is 1.80. The Morgan fingerprint density at radius 3 is 2.00 bits per heavy atom. The van der Waals surface area contributed by atoms with Crippen LogP contribution in [0.15, 0.2) is 47.4 Å². The van der Waals surface area contributed by atoms with E-state index in [4.69, 9.17) is 0 Å². The predicted octanol–water partition coefficient (Wildman–Crippen LogP) is 5.94. The number of aryl methyl sites for hydroxylation is 1. The van der Waals surface area contributed by atoms with Gasteiger partial charge in [-0.25, -0.2) is 8.70 Å². The highest BCUT2D eigenvalue weighted by Gasteiger charge is 2.33. The maximum atomic E-state index is 14.1. The van der Waals surface area contributed by atoms with E-state index in [0.717, 1.165) is 69.2 Å². The van der Waals surface area contributed by atoms with Crippen LogP contribution in [0.4, 0.5) is 15.8 Å². The van der Waals surface area contributed by atoms with Gasteiger partial charge in [0, 0.05) is 89.3 Å². The first kappa shape index (κ1) is 35.4. The van der Waals surface area contributed by atoms with Crippen molar-refractivity contribution >= 4 is 33.5 Å². The molecule has 3 fully saturated rings. The van der Waals surface area contributed by atoms with Crippen LogP contribution >= 0.6 is 11.9 Å². The lowest BCUT2D eigenvalue weighted by atomic mass is 9.89. The lowest BCUT2D eigenvalue weighted by Gasteiger charge is -2.38. The van der Waals surface area contributed by atoms with Gasteiger partial charge in [0.05, 0.1) is 0 Å². The highest BCUT2D eigenvalue weighted by Crippen LogP contribution is 2.28. The fraction of sp³-hybridized carbons (Fsp3) is 0.657. The van der Waals surface area contributed by atoms with Crippen LogP contribution in [0.25, 0.3) is 0 Å². The molecule has 0 atom stereocenters. The molecule has 2 aliphatic heterocycles. The molecule has 0 aromatic heterocycles. The van der Waals surface area contributed by atoms with Gasteiger partial charge in [-0.2, -0.15) is 17.0 Å². The van der Waals surface area contributed by atoms with Gasteiger partial charge in [-0.15, -0.1) is 0 Å². The van der Waals surface area contributed by atoms with Crippen LogP contribution in [0.2, 0.25) is 0 Å². The molecule has 0 radical (unpaired) electrons. The summed E-state index contributed by atoms with van der Waals surface area (Å²) in [7, 11) is 0.520. The molecule has 0 bridgehead atoms. The third-order valence-electron chi connectivity index (χ3n) is 9.80. The zero-order valence-electron chi connectivity index (χ0n) is 28.2. The Morgan fingerprint density at radius 2 is 1.37 bits per heavy atom. The van der Waals surface area contributed by atoms with Crippen LogP contribution < -0.4 is 9.80 Å². The van der Waals surface area contributed by atoms with Gasteiger partial charge < -0.3 is 14.7 Å². The Bertz CT molecular complexity index is 1330. The van der Waals surface area contributed by atoms with E-state index in [0.29, 0.717) is 39.3 Å². The Labute approximate surface area is 282 Å². The normalized spacial score (nSPS) is 21.5. The van der Waals surface area contributed by atoms with E-state index in [1.165, 1.54) is 48.8 Å². The molecule has 46 heavy (non-hydrogen) atoms. The molecule has 2 aromatic carbocycles. The molecule has 0 amide bonds. The molecule has 3 aliphatic rings. The van der Waals surface area contributed by atoms with Crippen molar-refractivity contribution in [3.63, 3.8) is 0 Å². The van der Waals surface area contributed by atoms with Crippen LogP contribution in [-0.2, 0) is 10.2 Å². The first-order chi connectivity index (χ1) is 22.2. The molecule has 256 valence electrons. The standard InChI is InChI=1S/C35H55FN6O2S2/c1-30-28-32(36)12-17-35(30)39-24-26-42(27-25-39)46(43,44)41-22-8-19-38(29-31-10-5-4-6-11-31)18-7-20-40(21-9-23-41)45-34-15-13-33(14-16-34)37(2)3/h12-17,28,31H,4-11,18-27,29H2,1-3H3. The van der Waals surface area contributed by atoms with Crippen molar-refractivity contribution in [1.82, 2.24) is 17.8 Å². The fourth-order valence-electron chi connectivity index (χ4n) is 7.19. The summed E-state index contributed by atoms with van der Waals surface area (Å²) in [6.07, 6.45) is 9.47. The predicted molar refractivity (Wildman–Crippen MR) is 190 cm³/mol. The molecule has 1 aliphatic carbocycles. The average Bonchev–Trinajstić information content (AvgIpc) is 3.04. The minimum atomic E-state index is -3.60. The van der Waals surface area contributed by atoms with Crippen molar-refractivity contribution in [2.24, 2.45) is 5.92 Å². The van der Waals surface area contributed by atoms with Crippen molar-refractivity contribution < 1.29 is 12.8 Å². The summed E-state index contributed by atoms with van der Waals surface area (Å²) in [6.45, 7) is 10.0. The lowest BCUT2D eigenvalue weighted by molar-refractivity contribution is 0.185. The smallest absolute Gasteiger partial charge is 0.282 e. The van der Waals surface area contributed by atoms with Gasteiger partial charge in [0.25, 0.3) is 10.2 Å². The first-order valence-corrected chi connectivity index (χ1v) is 19.5. The van der Waals surface area contributed by atoms with Gasteiger partial charge in [-0.3, -0.25) is 0 Å². The van der Waals surface area contributed by atoms with Crippen molar-refractivity contribution in [1.29, 1.82) is 0 Å². The molecule has 2 saturated heterocycles. The van der Waals surface area contributed by atoms with Gasteiger partial charge in [0.15, 0.2) is 0 Å². The van der Waals surface area contributed by atoms with Gasteiger partial charge in [-0.1, -0.05) is 19.3 Å². The van der Waals surface area contributed by atoms with E-state index < -0.39 is 10.2 Å². The summed E-state index contributed by atoms with van der Waals surface area (Å²) in [5, 5.41) is 0. The summed E-state index contributed by atoms with van der Waals surface area (Å²) in [4.78, 5) is 8.14. The summed E-state index contributed by atoms with van der Waals surface area (Å²) in [5.41, 5.74) is 3.05. The number of anilines is 2. The number of hydrogen-bond donors (Lipinski definition) is 0. The summed E-state index contributed by atoms with van der Waals surface area (Å²) in [5.74, 6) is 0.525. The zero-order valence-corrected chi connectivity index (χ0v) is 29.9. The van der Waals surface area contributed by atoms with Gasteiger partial charge >= 0.3 is 0 Å². The van der Waals surface area contributed by atoms with Crippen molar-refractivity contribution in [2.45, 2.75) is 63.2 Å². The average molecular weight is 675 g/mol. The maximum Gasteiger partial charge on any atom is 0.282 e. The molecule has 1 saturated carbocycles. The van der Waals surface area contributed by atoms with E-state index >= 15 is 0 Å². The number of rotatable bonds is 8. The van der Waals surface area contributed by atoms with Crippen molar-refractivity contribution in [2.75, 3.05) is 95.9 Å². The SMILES string of the molecule is Cc1cc(F)ccc1N1CCN(S(=O)(=O)N2CCCN(CC3CCCCC3)CCCN(Sc3ccc(N(C)C)cc3)CCC2)CC1. The molecule has 0 spiro atoms. The van der Waals surface area contributed by atoms with Crippen LogP contribution in [0.1, 0.15) is 56.9 Å². The largest absolute Gasteiger partial charge is 0.378 e. The minimum absolute atomic E-state index is 0.241. The molecule has 8 nitrogen and oxygen atoms in total. The van der Waals surface area contributed by atoms with E-state index in [-0.39, 0.29) is 5.82 Å². The van der Waals surface area contributed by atoms with E-state index in [1.807, 2.05) is 13.0 Å². The number of piperazine rings is 1. The highest BCUT2D eigenvalue weighted by molar-refractivity contribution is 7.97. The number of halogens is 1. The van der Waals surface area contributed by atoms with E-state index in [1.54, 1.807) is 26.6 Å². The third-order valence-corrected chi connectivity index (χ3v) is 12.9. The third kappa shape index (κ3) is 9.82. The number of hydrogen-bond acceptors (Lipinski definition) is 7. The Morgan fingerprint density at radius 1 is 0.761 bits per heavy atom. The number of benzene rings is 2. The Balaban J connectivity index is 1.25. The molecule has 2 heterocycles. The number of nitrogens with zero attached hydrogens (tertiary/aromatic N) is 6. The minimum Gasteiger partial charge on any atom is -0.378 e. The molecule has 0 unspecified atom stereocenters. The van der Waals surface area contributed by atoms with Gasteiger partial charge in [-0.05, 0) is 118 Å². The van der Waals surface area contributed by atoms with Crippen LogP contribution in [0.3, 0.4) is 0 Å². The molecule has 5 rings (SSSR count). The van der Waals surface area contributed by atoms with Crippen LogP contribution in [-0.4, -0.2) is 112 Å². The van der Waals surface area contributed by atoms with E-state index in [9.17, 15) is 12.8 Å². The van der Waals surface area contributed by atoms with Crippen LogP contribution in [0, 0.1) is 18.7 Å². The van der Waals surface area contributed by atoms with Crippen LogP contribution in [0.5, 0.6) is 0 Å². The molecule has 2 aromatic rings. The second-order valence-corrected chi connectivity index (χ2v) is 16.6. The van der Waals surface area contributed by atoms with E-state index in [2.05, 4.69) is 57.4 Å². The molecule has 0 N–H and O–H groups in total. The van der Waals surface area contributed by atoms with Crippen molar-refractivity contribution in [3.8, 4) is 0 Å². The summed E-state index contributed by atoms with van der Waals surface area (Å²) in [6, 6.07) is 13.6. The topological polar surface area (TPSA) is 53.6 Å². The van der Waals surface area contributed by atoms with Gasteiger partial charge in [0.2, 0.25) is 0 Å². The molecular formula is C35H55FN6O2S2. The summed E-state index contributed by atoms with van der Waals surface area (Å²) < 4.78 is 47.8. The second kappa shape index (κ2) is 17.0. The Kier molecular flexibility index (Phi) is 13.1. The second-order valence-electron chi connectivity index (χ2n) is 13.5. The quantitative estimate of drug-likeness (QED) is 0.321. The van der Waals surface area contributed by atoms with Crippen molar-refractivity contribution in [3.05, 3.63) is 53.8 Å². The molecular weight excluding hydrogens is 620 g/mol. The first-order valence-electron chi connectivity index (χ1n) is 17.4. The Hall–Kier alpha value is -1.89. The maximum absolute atomic E-state index is 14.1. The van der Waals surface area contributed by atoms with Gasteiger partial charge in [0.1, 0.15) is 5.82 Å². The fourth-order valence-corrected chi connectivity index (χ4v) is 9.86. The monoisotopic (exact) mass is 674 g/mol. The highest BCUT2D eigenvalue weighted by atomic mass is 32.2.